The van der Waals surface area contributed by atoms with E-state index in [2.05, 4.69) is 20.8 Å². The first-order valence-electron chi connectivity index (χ1n) is 7.39. The summed E-state index contributed by atoms with van der Waals surface area (Å²) in [6.45, 7) is -0.559. The Morgan fingerprint density at radius 2 is 2.15 bits per heavy atom. The summed E-state index contributed by atoms with van der Waals surface area (Å²) in [5.41, 5.74) is 0.0996. The first-order valence-corrected chi connectivity index (χ1v) is 10.8. The van der Waals surface area contributed by atoms with Crippen LogP contribution in [0, 0.1) is 4.91 Å². The SMILES string of the molecule is NS(=O)(=O)c1cc2c(cc1Cl)NCN(CC(=O)NCCCON=O)S2(=O)=O. The molecule has 0 aromatic heterocycles. The van der Waals surface area contributed by atoms with Gasteiger partial charge in [0.25, 0.3) is 0 Å². The van der Waals surface area contributed by atoms with Crippen molar-refractivity contribution in [3.63, 3.8) is 0 Å². The fourth-order valence-electron chi connectivity index (χ4n) is 2.26. The van der Waals surface area contributed by atoms with Crippen LogP contribution in [0.25, 0.3) is 0 Å². The van der Waals surface area contributed by atoms with Crippen LogP contribution in [0.5, 0.6) is 0 Å². The Morgan fingerprint density at radius 1 is 1.44 bits per heavy atom. The van der Waals surface area contributed by atoms with Crippen LogP contribution in [0.4, 0.5) is 5.69 Å². The van der Waals surface area contributed by atoms with Crippen LogP contribution in [0.15, 0.2) is 27.3 Å². The maximum Gasteiger partial charge on any atom is 0.247 e. The van der Waals surface area contributed by atoms with Crippen LogP contribution in [-0.2, 0) is 29.7 Å². The minimum Gasteiger partial charge on any atom is -0.370 e. The van der Waals surface area contributed by atoms with Gasteiger partial charge < -0.3 is 15.5 Å². The Morgan fingerprint density at radius 3 is 2.78 bits per heavy atom. The minimum atomic E-state index is -4.24. The number of primary sulfonamides is 1. The molecule has 0 aliphatic carbocycles. The molecule has 0 atom stereocenters. The van der Waals surface area contributed by atoms with Gasteiger partial charge in [-0.1, -0.05) is 11.6 Å². The second-order valence-corrected chi connectivity index (χ2v) is 9.23. The number of carbonyl (C=O) groups is 1. The third-order valence-corrected chi connectivity index (χ3v) is 6.72. The number of hydrogen-bond donors (Lipinski definition) is 3. The van der Waals surface area contributed by atoms with Crippen molar-refractivity contribution < 1.29 is 26.5 Å². The standard InChI is InChI=1S/C12H16ClN5O7S2/c13-8-4-9-11(5-10(8)26(14,21)22)27(23,24)18(7-16-9)6-12(19)15-2-1-3-25-17-20/h4-5,16H,1-3,6-7H2,(H,15,19)(H2,14,21,22). The molecule has 27 heavy (non-hydrogen) atoms. The van der Waals surface area contributed by atoms with E-state index in [0.717, 1.165) is 16.4 Å². The highest BCUT2D eigenvalue weighted by molar-refractivity contribution is 7.90. The Hall–Kier alpha value is -2.00. The van der Waals surface area contributed by atoms with Crippen molar-refractivity contribution in [3.8, 4) is 0 Å². The topological polar surface area (TPSA) is 177 Å². The van der Waals surface area contributed by atoms with Crippen LogP contribution in [0.3, 0.4) is 0 Å². The number of benzene rings is 1. The average molecular weight is 442 g/mol. The van der Waals surface area contributed by atoms with Gasteiger partial charge in [0.2, 0.25) is 26.0 Å². The first kappa shape index (κ1) is 21.3. The van der Waals surface area contributed by atoms with Gasteiger partial charge in [-0.05, 0) is 12.1 Å². The molecule has 0 fully saturated rings. The van der Waals surface area contributed by atoms with E-state index < -0.39 is 37.4 Å². The summed E-state index contributed by atoms with van der Waals surface area (Å²) < 4.78 is 49.4. The first-order chi connectivity index (χ1) is 12.6. The lowest BCUT2D eigenvalue weighted by atomic mass is 10.3. The van der Waals surface area contributed by atoms with Crippen molar-refractivity contribution in [1.82, 2.24) is 9.62 Å². The van der Waals surface area contributed by atoms with Crippen LogP contribution >= 0.6 is 11.6 Å². The molecule has 12 nitrogen and oxygen atoms in total. The highest BCUT2D eigenvalue weighted by atomic mass is 35.5. The average Bonchev–Trinajstić information content (AvgIpc) is 2.56. The monoisotopic (exact) mass is 441 g/mol. The summed E-state index contributed by atoms with van der Waals surface area (Å²) >= 11 is 5.84. The highest BCUT2D eigenvalue weighted by Crippen LogP contribution is 2.35. The predicted molar refractivity (Wildman–Crippen MR) is 94.6 cm³/mol. The number of anilines is 1. The van der Waals surface area contributed by atoms with E-state index in [1.54, 1.807) is 0 Å². The zero-order valence-electron chi connectivity index (χ0n) is 13.7. The smallest absolute Gasteiger partial charge is 0.247 e. The molecule has 0 unspecified atom stereocenters. The Bertz CT molecular complexity index is 951. The van der Waals surface area contributed by atoms with Crippen molar-refractivity contribution in [3.05, 3.63) is 22.1 Å². The molecular weight excluding hydrogens is 426 g/mol. The molecule has 1 aromatic rings. The summed E-state index contributed by atoms with van der Waals surface area (Å²) in [5.74, 6) is -0.594. The number of carbonyl (C=O) groups excluding carboxylic acids is 1. The van der Waals surface area contributed by atoms with Crippen LogP contribution in [0.2, 0.25) is 5.02 Å². The van der Waals surface area contributed by atoms with Crippen molar-refractivity contribution in [2.24, 2.45) is 10.5 Å². The molecule has 4 N–H and O–H groups in total. The number of fused-ring (bicyclic) bond motifs is 1. The van der Waals surface area contributed by atoms with Gasteiger partial charge in [-0.15, -0.1) is 4.91 Å². The van der Waals surface area contributed by atoms with Gasteiger partial charge in [-0.3, -0.25) is 4.79 Å². The van der Waals surface area contributed by atoms with Crippen molar-refractivity contribution in [1.29, 1.82) is 0 Å². The highest BCUT2D eigenvalue weighted by Gasteiger charge is 2.34. The van der Waals surface area contributed by atoms with E-state index in [4.69, 9.17) is 16.7 Å². The van der Waals surface area contributed by atoms with Crippen LogP contribution in [-0.4, -0.2) is 53.4 Å². The van der Waals surface area contributed by atoms with E-state index in [1.807, 2.05) is 0 Å². The fraction of sp³-hybridized carbons (Fsp3) is 0.417. The number of hydrogen-bond acceptors (Lipinski definition) is 9. The lowest BCUT2D eigenvalue weighted by Crippen LogP contribution is -2.45. The number of rotatable bonds is 8. The molecular formula is C12H16ClN5O7S2. The molecule has 0 saturated carbocycles. The number of amides is 1. The Labute approximate surface area is 160 Å². The normalized spacial score (nSPS) is 16.1. The minimum absolute atomic E-state index is 0.0117. The van der Waals surface area contributed by atoms with Gasteiger partial charge >= 0.3 is 0 Å². The summed E-state index contributed by atoms with van der Waals surface area (Å²) in [4.78, 5) is 25.0. The molecule has 1 amide bonds. The zero-order chi connectivity index (χ0) is 20.2. The van der Waals surface area contributed by atoms with E-state index >= 15 is 0 Å². The van der Waals surface area contributed by atoms with E-state index in [-0.39, 0.29) is 35.4 Å². The van der Waals surface area contributed by atoms with Crippen molar-refractivity contribution in [2.75, 3.05) is 31.7 Å². The molecule has 1 aromatic carbocycles. The quantitative estimate of drug-likeness (QED) is 0.276. The summed E-state index contributed by atoms with van der Waals surface area (Å²) in [6.07, 6.45) is 0.307. The second kappa shape index (κ2) is 8.35. The molecule has 0 bridgehead atoms. The van der Waals surface area contributed by atoms with Crippen LogP contribution in [0.1, 0.15) is 6.42 Å². The maximum absolute atomic E-state index is 12.7. The van der Waals surface area contributed by atoms with E-state index in [9.17, 15) is 26.5 Å². The molecule has 2 rings (SSSR count). The summed E-state index contributed by atoms with van der Waals surface area (Å²) in [5, 5.41) is 12.2. The maximum atomic E-state index is 12.7. The predicted octanol–water partition coefficient (Wildman–Crippen LogP) is -0.435. The third kappa shape index (κ3) is 5.04. The third-order valence-electron chi connectivity index (χ3n) is 3.51. The van der Waals surface area contributed by atoms with Crippen molar-refractivity contribution >= 4 is 43.2 Å². The lowest BCUT2D eigenvalue weighted by molar-refractivity contribution is -0.121. The Kier molecular flexibility index (Phi) is 6.59. The lowest BCUT2D eigenvalue weighted by Gasteiger charge is -2.29. The molecule has 1 aliphatic rings. The van der Waals surface area contributed by atoms with Gasteiger partial charge in [0.15, 0.2) is 5.34 Å². The number of sulfonamides is 2. The zero-order valence-corrected chi connectivity index (χ0v) is 16.1. The van der Waals surface area contributed by atoms with Gasteiger partial charge in [0, 0.05) is 13.0 Å². The summed E-state index contributed by atoms with van der Waals surface area (Å²) in [7, 11) is -8.41. The molecule has 150 valence electrons. The number of nitrogens with one attached hydrogen (secondary N) is 2. The number of halogens is 1. The van der Waals surface area contributed by atoms with Gasteiger partial charge in [-0.2, -0.15) is 4.31 Å². The van der Waals surface area contributed by atoms with Gasteiger partial charge in [0.1, 0.15) is 16.4 Å². The van der Waals surface area contributed by atoms with Gasteiger partial charge in [-0.25, -0.2) is 22.0 Å². The van der Waals surface area contributed by atoms with Gasteiger partial charge in [0.05, 0.1) is 23.9 Å². The molecule has 1 aliphatic heterocycles. The van der Waals surface area contributed by atoms with Crippen LogP contribution < -0.4 is 15.8 Å². The number of nitrogens with two attached hydrogens (primary N) is 1. The fourth-order valence-corrected chi connectivity index (χ4v) is 4.91. The van der Waals surface area contributed by atoms with Crippen molar-refractivity contribution in [2.45, 2.75) is 16.2 Å². The second-order valence-electron chi connectivity index (χ2n) is 5.38. The molecule has 0 spiro atoms. The Balaban J connectivity index is 2.16. The van der Waals surface area contributed by atoms with E-state index in [1.165, 1.54) is 0 Å². The molecule has 0 saturated heterocycles. The molecule has 1 heterocycles. The molecule has 15 heteroatoms. The van der Waals surface area contributed by atoms with E-state index in [0.29, 0.717) is 6.42 Å². The summed E-state index contributed by atoms with van der Waals surface area (Å²) in [6, 6.07) is 2.00. The molecule has 0 radical (unpaired) electrons. The number of nitrogens with zero attached hydrogens (tertiary/aromatic N) is 2. The largest absolute Gasteiger partial charge is 0.370 e.